The second-order valence-electron chi connectivity index (χ2n) is 6.89. The predicted molar refractivity (Wildman–Crippen MR) is 108 cm³/mol. The molecule has 1 fully saturated rings. The first-order valence-electron chi connectivity index (χ1n) is 9.31. The van der Waals surface area contributed by atoms with Gasteiger partial charge in [-0.05, 0) is 36.4 Å². The average Bonchev–Trinajstić information content (AvgIpc) is 3.38. The number of rotatable bonds is 5. The molecule has 0 bridgehead atoms. The van der Waals surface area contributed by atoms with Gasteiger partial charge in [0.1, 0.15) is 11.4 Å². The Morgan fingerprint density at radius 1 is 1.18 bits per heavy atom. The van der Waals surface area contributed by atoms with E-state index in [0.717, 1.165) is 30.6 Å². The van der Waals surface area contributed by atoms with E-state index in [9.17, 15) is 14.9 Å². The number of carbonyl (C=O) groups excluding carboxylic acids is 1. The monoisotopic (exact) mass is 396 g/mol. The number of amides is 1. The van der Waals surface area contributed by atoms with E-state index in [1.54, 1.807) is 18.2 Å². The van der Waals surface area contributed by atoms with Crippen LogP contribution in [0, 0.1) is 10.1 Å². The molecule has 2 heterocycles. The molecule has 1 aliphatic rings. The topological polar surface area (TPSA) is 90.1 Å². The Hall–Kier alpha value is -3.00. The van der Waals surface area contributed by atoms with Crippen LogP contribution in [-0.2, 0) is 0 Å². The molecule has 1 aromatic carbocycles. The fourth-order valence-electron chi connectivity index (χ4n) is 3.53. The summed E-state index contributed by atoms with van der Waals surface area (Å²) >= 11 is 1.53. The molecule has 0 saturated heterocycles. The smallest absolute Gasteiger partial charge is 0.271 e. The van der Waals surface area contributed by atoms with Gasteiger partial charge in [-0.15, -0.1) is 11.3 Å². The molecule has 28 heavy (non-hydrogen) atoms. The second-order valence-corrected chi connectivity index (χ2v) is 7.84. The van der Waals surface area contributed by atoms with Gasteiger partial charge in [0.2, 0.25) is 0 Å². The highest BCUT2D eigenvalue weighted by Crippen LogP contribution is 2.27. The standard InChI is InChI=1S/C20H20N4O3S/c25-20(21-14-6-2-1-3-7-14)18-13-17(19-10-5-11-28-19)22-23(18)15-8-4-9-16(12-15)24(26)27/h4-5,8-14H,1-3,6-7H2,(H,21,25). The first-order chi connectivity index (χ1) is 13.6. The van der Waals surface area contributed by atoms with Crippen molar-refractivity contribution in [2.45, 2.75) is 38.1 Å². The van der Waals surface area contributed by atoms with E-state index in [4.69, 9.17) is 0 Å². The molecular weight excluding hydrogens is 376 g/mol. The third kappa shape index (κ3) is 3.82. The van der Waals surface area contributed by atoms with Crippen molar-refractivity contribution in [1.29, 1.82) is 0 Å². The summed E-state index contributed by atoms with van der Waals surface area (Å²) in [6.07, 6.45) is 5.41. The van der Waals surface area contributed by atoms with Crippen LogP contribution in [0.25, 0.3) is 16.3 Å². The van der Waals surface area contributed by atoms with Crippen LogP contribution in [0.4, 0.5) is 5.69 Å². The van der Waals surface area contributed by atoms with Crippen LogP contribution >= 0.6 is 11.3 Å². The summed E-state index contributed by atoms with van der Waals surface area (Å²) in [5.41, 5.74) is 1.51. The van der Waals surface area contributed by atoms with Gasteiger partial charge in [0.15, 0.2) is 0 Å². The lowest BCUT2D eigenvalue weighted by atomic mass is 9.95. The van der Waals surface area contributed by atoms with Crippen molar-refractivity contribution in [1.82, 2.24) is 15.1 Å². The molecule has 1 N–H and O–H groups in total. The van der Waals surface area contributed by atoms with Gasteiger partial charge < -0.3 is 5.32 Å². The molecule has 0 unspecified atom stereocenters. The summed E-state index contributed by atoms with van der Waals surface area (Å²) in [4.78, 5) is 24.7. The van der Waals surface area contributed by atoms with E-state index in [0.29, 0.717) is 17.1 Å². The Balaban J connectivity index is 1.72. The van der Waals surface area contributed by atoms with Crippen molar-refractivity contribution in [3.05, 3.63) is 63.7 Å². The molecular formula is C20H20N4O3S. The Morgan fingerprint density at radius 2 is 2.00 bits per heavy atom. The number of thiophene rings is 1. The molecule has 4 rings (SSSR count). The van der Waals surface area contributed by atoms with Crippen molar-refractivity contribution in [2.75, 3.05) is 0 Å². The number of benzene rings is 1. The highest BCUT2D eigenvalue weighted by atomic mass is 32.1. The Morgan fingerprint density at radius 3 is 2.71 bits per heavy atom. The molecule has 8 heteroatoms. The fraction of sp³-hybridized carbons (Fsp3) is 0.300. The zero-order valence-electron chi connectivity index (χ0n) is 15.2. The predicted octanol–water partition coefficient (Wildman–Crippen LogP) is 4.57. The summed E-state index contributed by atoms with van der Waals surface area (Å²) < 4.78 is 1.50. The summed E-state index contributed by atoms with van der Waals surface area (Å²) in [5, 5.41) is 20.8. The van der Waals surface area contributed by atoms with Crippen molar-refractivity contribution < 1.29 is 9.72 Å². The summed E-state index contributed by atoms with van der Waals surface area (Å²) in [6.45, 7) is 0. The Bertz CT molecular complexity index is 991. The Kier molecular flexibility index (Phi) is 5.21. The summed E-state index contributed by atoms with van der Waals surface area (Å²) in [5.74, 6) is -0.200. The van der Waals surface area contributed by atoms with Gasteiger partial charge in [0, 0.05) is 18.2 Å². The van der Waals surface area contributed by atoms with Crippen LogP contribution in [0.15, 0.2) is 47.8 Å². The third-order valence-corrected chi connectivity index (χ3v) is 5.83. The van der Waals surface area contributed by atoms with Crippen molar-refractivity contribution in [2.24, 2.45) is 0 Å². The highest BCUT2D eigenvalue weighted by Gasteiger charge is 2.22. The van der Waals surface area contributed by atoms with Gasteiger partial charge in [0.05, 0.1) is 15.5 Å². The fourth-order valence-corrected chi connectivity index (χ4v) is 4.21. The van der Waals surface area contributed by atoms with Gasteiger partial charge in [-0.3, -0.25) is 14.9 Å². The van der Waals surface area contributed by atoms with Crippen LogP contribution in [-0.4, -0.2) is 26.7 Å². The molecule has 144 valence electrons. The highest BCUT2D eigenvalue weighted by molar-refractivity contribution is 7.13. The average molecular weight is 396 g/mol. The number of carbonyl (C=O) groups is 1. The number of nitro benzene ring substituents is 1. The maximum atomic E-state index is 13.0. The number of nitro groups is 1. The van der Waals surface area contributed by atoms with E-state index in [1.807, 2.05) is 17.5 Å². The van der Waals surface area contributed by atoms with Gasteiger partial charge in [-0.2, -0.15) is 5.10 Å². The van der Waals surface area contributed by atoms with E-state index in [-0.39, 0.29) is 17.6 Å². The van der Waals surface area contributed by atoms with Gasteiger partial charge in [-0.1, -0.05) is 31.4 Å². The summed E-state index contributed by atoms with van der Waals surface area (Å²) in [7, 11) is 0. The molecule has 1 aliphatic carbocycles. The minimum Gasteiger partial charge on any atom is -0.348 e. The molecule has 2 aromatic heterocycles. The lowest BCUT2D eigenvalue weighted by Gasteiger charge is -2.22. The van der Waals surface area contributed by atoms with Crippen LogP contribution in [0.1, 0.15) is 42.6 Å². The van der Waals surface area contributed by atoms with E-state index < -0.39 is 4.92 Å². The molecule has 0 spiro atoms. The second kappa shape index (κ2) is 7.93. The van der Waals surface area contributed by atoms with Crippen LogP contribution in [0.3, 0.4) is 0 Å². The zero-order chi connectivity index (χ0) is 19.5. The summed E-state index contributed by atoms with van der Waals surface area (Å²) in [6, 6.07) is 12.0. The first kappa shape index (κ1) is 18.4. The minimum atomic E-state index is -0.449. The van der Waals surface area contributed by atoms with E-state index in [2.05, 4.69) is 10.4 Å². The molecule has 0 aliphatic heterocycles. The van der Waals surface area contributed by atoms with Gasteiger partial charge in [0.25, 0.3) is 11.6 Å². The minimum absolute atomic E-state index is 0.0377. The first-order valence-corrected chi connectivity index (χ1v) is 10.2. The lowest BCUT2D eigenvalue weighted by molar-refractivity contribution is -0.384. The van der Waals surface area contributed by atoms with Crippen LogP contribution in [0.2, 0.25) is 0 Å². The number of nitrogens with zero attached hydrogens (tertiary/aromatic N) is 3. The van der Waals surface area contributed by atoms with Crippen LogP contribution in [0.5, 0.6) is 0 Å². The van der Waals surface area contributed by atoms with Gasteiger partial charge >= 0.3 is 0 Å². The van der Waals surface area contributed by atoms with Crippen molar-refractivity contribution in [3.8, 4) is 16.3 Å². The molecule has 0 atom stereocenters. The number of hydrogen-bond acceptors (Lipinski definition) is 5. The molecule has 0 radical (unpaired) electrons. The number of non-ortho nitro benzene ring substituents is 1. The molecule has 7 nitrogen and oxygen atoms in total. The molecule has 1 saturated carbocycles. The third-order valence-electron chi connectivity index (χ3n) is 4.94. The van der Waals surface area contributed by atoms with Crippen molar-refractivity contribution >= 4 is 22.9 Å². The largest absolute Gasteiger partial charge is 0.348 e. The zero-order valence-corrected chi connectivity index (χ0v) is 16.0. The van der Waals surface area contributed by atoms with E-state index in [1.165, 1.54) is 34.6 Å². The lowest BCUT2D eigenvalue weighted by Crippen LogP contribution is -2.37. The normalized spacial score (nSPS) is 14.7. The van der Waals surface area contributed by atoms with Crippen LogP contribution < -0.4 is 5.32 Å². The number of aromatic nitrogens is 2. The maximum Gasteiger partial charge on any atom is 0.271 e. The number of nitrogens with one attached hydrogen (secondary N) is 1. The quantitative estimate of drug-likeness (QED) is 0.505. The molecule has 3 aromatic rings. The molecule has 1 amide bonds. The van der Waals surface area contributed by atoms with Crippen molar-refractivity contribution in [3.63, 3.8) is 0 Å². The van der Waals surface area contributed by atoms with E-state index >= 15 is 0 Å². The Labute approximate surface area is 166 Å². The SMILES string of the molecule is O=C(NC1CCCCC1)c1cc(-c2cccs2)nn1-c1cccc([N+](=O)[O-])c1. The maximum absolute atomic E-state index is 13.0. The number of hydrogen-bond donors (Lipinski definition) is 1. The van der Waals surface area contributed by atoms with Gasteiger partial charge in [-0.25, -0.2) is 4.68 Å².